The maximum absolute atomic E-state index is 5.89. The van der Waals surface area contributed by atoms with Crippen LogP contribution in [-0.4, -0.2) is 4.98 Å². The standard InChI is InChI=1S/C12H12N2/c1-2-4-9-10-5-3-8-14-12(10)7-6-11(9)13/h2-8H,13H2,1H3/b4-2-. The summed E-state index contributed by atoms with van der Waals surface area (Å²) in [5.41, 5.74) is 8.72. The van der Waals surface area contributed by atoms with E-state index in [1.807, 2.05) is 43.3 Å². The number of rotatable bonds is 1. The largest absolute Gasteiger partial charge is 0.398 e. The van der Waals surface area contributed by atoms with Crippen molar-refractivity contribution in [2.45, 2.75) is 6.92 Å². The molecule has 0 spiro atoms. The molecule has 2 aromatic rings. The van der Waals surface area contributed by atoms with E-state index in [0.717, 1.165) is 22.2 Å². The second kappa shape index (κ2) is 3.50. The average Bonchev–Trinajstić information content (AvgIpc) is 2.23. The Morgan fingerprint density at radius 1 is 1.29 bits per heavy atom. The summed E-state index contributed by atoms with van der Waals surface area (Å²) in [7, 11) is 0. The molecule has 2 heteroatoms. The highest BCUT2D eigenvalue weighted by atomic mass is 14.7. The number of nitrogen functional groups attached to an aromatic ring is 1. The van der Waals surface area contributed by atoms with Gasteiger partial charge in [-0.05, 0) is 25.1 Å². The Hall–Kier alpha value is -1.83. The van der Waals surface area contributed by atoms with Crippen LogP contribution in [0, 0.1) is 0 Å². The number of hydrogen-bond donors (Lipinski definition) is 1. The molecule has 70 valence electrons. The zero-order chi connectivity index (χ0) is 9.97. The van der Waals surface area contributed by atoms with E-state index in [1.165, 1.54) is 0 Å². The Labute approximate surface area is 83.1 Å². The SMILES string of the molecule is C/C=C\c1c(N)ccc2ncccc12. The summed E-state index contributed by atoms with van der Waals surface area (Å²) in [4.78, 5) is 4.28. The topological polar surface area (TPSA) is 38.9 Å². The van der Waals surface area contributed by atoms with Crippen LogP contribution in [0.2, 0.25) is 0 Å². The summed E-state index contributed by atoms with van der Waals surface area (Å²) >= 11 is 0. The van der Waals surface area contributed by atoms with E-state index in [0.29, 0.717) is 0 Å². The Balaban J connectivity index is 2.82. The van der Waals surface area contributed by atoms with Crippen molar-refractivity contribution < 1.29 is 0 Å². The van der Waals surface area contributed by atoms with Crippen LogP contribution in [-0.2, 0) is 0 Å². The molecule has 0 atom stereocenters. The van der Waals surface area contributed by atoms with Crippen molar-refractivity contribution in [3.05, 3.63) is 42.1 Å². The number of anilines is 1. The smallest absolute Gasteiger partial charge is 0.0709 e. The van der Waals surface area contributed by atoms with E-state index in [2.05, 4.69) is 4.98 Å². The van der Waals surface area contributed by atoms with Crippen molar-refractivity contribution in [3.63, 3.8) is 0 Å². The Bertz CT molecular complexity index is 487. The molecule has 2 rings (SSSR count). The summed E-state index contributed by atoms with van der Waals surface area (Å²) in [6.45, 7) is 1.98. The number of allylic oxidation sites excluding steroid dienone is 1. The third-order valence-corrected chi connectivity index (χ3v) is 2.19. The molecule has 2 nitrogen and oxygen atoms in total. The Kier molecular flexibility index (Phi) is 2.19. The van der Waals surface area contributed by atoms with Crippen LogP contribution < -0.4 is 5.73 Å². The summed E-state index contributed by atoms with van der Waals surface area (Å²) in [5.74, 6) is 0. The van der Waals surface area contributed by atoms with Crippen molar-refractivity contribution in [3.8, 4) is 0 Å². The lowest BCUT2D eigenvalue weighted by molar-refractivity contribution is 1.41. The lowest BCUT2D eigenvalue weighted by atomic mass is 10.1. The molecule has 0 aliphatic heterocycles. The Morgan fingerprint density at radius 3 is 2.93 bits per heavy atom. The monoisotopic (exact) mass is 184 g/mol. The zero-order valence-corrected chi connectivity index (χ0v) is 8.07. The molecule has 1 heterocycles. The number of benzene rings is 1. The molecule has 0 radical (unpaired) electrons. The molecule has 0 saturated carbocycles. The van der Waals surface area contributed by atoms with Crippen molar-refractivity contribution in [2.75, 3.05) is 5.73 Å². The molecule has 0 unspecified atom stereocenters. The lowest BCUT2D eigenvalue weighted by Gasteiger charge is -2.04. The minimum atomic E-state index is 0.795. The zero-order valence-electron chi connectivity index (χ0n) is 8.07. The summed E-state index contributed by atoms with van der Waals surface area (Å²) < 4.78 is 0. The summed E-state index contributed by atoms with van der Waals surface area (Å²) in [6, 6.07) is 7.80. The van der Waals surface area contributed by atoms with Crippen LogP contribution in [0.3, 0.4) is 0 Å². The highest BCUT2D eigenvalue weighted by Gasteiger charge is 2.01. The number of fused-ring (bicyclic) bond motifs is 1. The first kappa shape index (κ1) is 8.75. The fourth-order valence-corrected chi connectivity index (χ4v) is 1.54. The first-order valence-electron chi connectivity index (χ1n) is 4.59. The van der Waals surface area contributed by atoms with Gasteiger partial charge in [0.05, 0.1) is 5.52 Å². The van der Waals surface area contributed by atoms with Crippen molar-refractivity contribution in [1.29, 1.82) is 0 Å². The predicted molar refractivity (Wildman–Crippen MR) is 60.9 cm³/mol. The molecular formula is C12H12N2. The van der Waals surface area contributed by atoms with Gasteiger partial charge in [0.2, 0.25) is 0 Å². The van der Waals surface area contributed by atoms with Crippen molar-refractivity contribution >= 4 is 22.7 Å². The maximum Gasteiger partial charge on any atom is 0.0709 e. The van der Waals surface area contributed by atoms with Crippen LogP contribution >= 0.6 is 0 Å². The van der Waals surface area contributed by atoms with Gasteiger partial charge in [0, 0.05) is 22.8 Å². The normalized spacial score (nSPS) is 11.2. The molecule has 0 aliphatic carbocycles. The Morgan fingerprint density at radius 2 is 2.14 bits per heavy atom. The van der Waals surface area contributed by atoms with Gasteiger partial charge in [-0.3, -0.25) is 4.98 Å². The van der Waals surface area contributed by atoms with Gasteiger partial charge >= 0.3 is 0 Å². The van der Waals surface area contributed by atoms with Crippen LogP contribution in [0.25, 0.3) is 17.0 Å². The lowest BCUT2D eigenvalue weighted by Crippen LogP contribution is -1.91. The van der Waals surface area contributed by atoms with E-state index in [9.17, 15) is 0 Å². The molecule has 1 aromatic heterocycles. The maximum atomic E-state index is 5.89. The molecule has 0 saturated heterocycles. The second-order valence-electron chi connectivity index (χ2n) is 3.14. The fraction of sp³-hybridized carbons (Fsp3) is 0.0833. The van der Waals surface area contributed by atoms with Crippen molar-refractivity contribution in [1.82, 2.24) is 4.98 Å². The van der Waals surface area contributed by atoms with E-state index in [1.54, 1.807) is 6.20 Å². The fourth-order valence-electron chi connectivity index (χ4n) is 1.54. The molecule has 0 fully saturated rings. The first-order chi connectivity index (χ1) is 6.83. The predicted octanol–water partition coefficient (Wildman–Crippen LogP) is 2.85. The average molecular weight is 184 g/mol. The molecule has 1 aromatic carbocycles. The van der Waals surface area contributed by atoms with E-state index >= 15 is 0 Å². The number of nitrogens with zero attached hydrogens (tertiary/aromatic N) is 1. The van der Waals surface area contributed by atoms with Crippen LogP contribution in [0.1, 0.15) is 12.5 Å². The van der Waals surface area contributed by atoms with Gasteiger partial charge in [-0.2, -0.15) is 0 Å². The van der Waals surface area contributed by atoms with Gasteiger partial charge < -0.3 is 5.73 Å². The quantitative estimate of drug-likeness (QED) is 0.692. The van der Waals surface area contributed by atoms with Crippen LogP contribution in [0.5, 0.6) is 0 Å². The van der Waals surface area contributed by atoms with E-state index in [4.69, 9.17) is 5.73 Å². The van der Waals surface area contributed by atoms with Gasteiger partial charge in [0.15, 0.2) is 0 Å². The highest BCUT2D eigenvalue weighted by molar-refractivity contribution is 5.92. The summed E-state index contributed by atoms with van der Waals surface area (Å²) in [6.07, 6.45) is 5.79. The highest BCUT2D eigenvalue weighted by Crippen LogP contribution is 2.23. The summed E-state index contributed by atoms with van der Waals surface area (Å²) in [5, 5.41) is 1.10. The van der Waals surface area contributed by atoms with E-state index < -0.39 is 0 Å². The van der Waals surface area contributed by atoms with Gasteiger partial charge in [0.25, 0.3) is 0 Å². The number of pyridine rings is 1. The third kappa shape index (κ3) is 1.35. The minimum absolute atomic E-state index is 0.795. The number of hydrogen-bond acceptors (Lipinski definition) is 2. The molecule has 0 amide bonds. The first-order valence-corrected chi connectivity index (χ1v) is 4.59. The van der Waals surface area contributed by atoms with Gasteiger partial charge in [-0.15, -0.1) is 0 Å². The molecule has 0 aliphatic rings. The van der Waals surface area contributed by atoms with Gasteiger partial charge in [0.1, 0.15) is 0 Å². The molecule has 0 bridgehead atoms. The van der Waals surface area contributed by atoms with Gasteiger partial charge in [-0.25, -0.2) is 0 Å². The third-order valence-electron chi connectivity index (χ3n) is 2.19. The number of nitrogens with two attached hydrogens (primary N) is 1. The molecule has 2 N–H and O–H groups in total. The molecular weight excluding hydrogens is 172 g/mol. The van der Waals surface area contributed by atoms with E-state index in [-0.39, 0.29) is 0 Å². The molecule has 14 heavy (non-hydrogen) atoms. The van der Waals surface area contributed by atoms with Crippen molar-refractivity contribution in [2.24, 2.45) is 0 Å². The van der Waals surface area contributed by atoms with Gasteiger partial charge in [-0.1, -0.05) is 18.2 Å². The van der Waals surface area contributed by atoms with Crippen LogP contribution in [0.4, 0.5) is 5.69 Å². The number of aromatic nitrogens is 1. The second-order valence-corrected chi connectivity index (χ2v) is 3.14. The van der Waals surface area contributed by atoms with Crippen LogP contribution in [0.15, 0.2) is 36.5 Å². The minimum Gasteiger partial charge on any atom is -0.398 e.